The van der Waals surface area contributed by atoms with E-state index in [1.807, 2.05) is 24.3 Å². The monoisotopic (exact) mass is 307 g/mol. The average molecular weight is 307 g/mol. The van der Waals surface area contributed by atoms with Gasteiger partial charge in [0.05, 0.1) is 17.7 Å². The summed E-state index contributed by atoms with van der Waals surface area (Å²) in [5.74, 6) is 0. The molecule has 1 N–H and O–H groups in total. The second-order valence-corrected chi connectivity index (χ2v) is 5.94. The van der Waals surface area contributed by atoms with E-state index in [9.17, 15) is 5.11 Å². The molecule has 0 bridgehead atoms. The Labute approximate surface area is 132 Å². The molecule has 1 atom stereocenters. The number of thiazole rings is 1. The Kier molecular flexibility index (Phi) is 4.24. The van der Waals surface area contributed by atoms with Gasteiger partial charge in [-0.25, -0.2) is 4.98 Å². The summed E-state index contributed by atoms with van der Waals surface area (Å²) >= 11 is 1.55. The quantitative estimate of drug-likeness (QED) is 0.802. The minimum Gasteiger partial charge on any atom is -0.388 e. The molecule has 2 heterocycles. The molecule has 1 unspecified atom stereocenters. The van der Waals surface area contributed by atoms with Gasteiger partial charge in [-0.05, 0) is 29.8 Å². The van der Waals surface area contributed by atoms with E-state index in [1.165, 1.54) is 0 Å². The van der Waals surface area contributed by atoms with Gasteiger partial charge in [-0.15, -0.1) is 11.3 Å². The molecule has 22 heavy (non-hydrogen) atoms. The molecular weight excluding hydrogens is 294 g/mol. The van der Waals surface area contributed by atoms with Crippen LogP contribution in [0.4, 0.5) is 0 Å². The molecule has 3 rings (SSSR count). The summed E-state index contributed by atoms with van der Waals surface area (Å²) in [5.41, 5.74) is 2.46. The average Bonchev–Trinajstić information content (AvgIpc) is 3.04. The van der Waals surface area contributed by atoms with E-state index in [2.05, 4.69) is 16.0 Å². The Morgan fingerprint density at radius 1 is 1.14 bits per heavy atom. The van der Waals surface area contributed by atoms with Crippen molar-refractivity contribution >= 4 is 11.3 Å². The van der Waals surface area contributed by atoms with Gasteiger partial charge in [0.2, 0.25) is 0 Å². The highest BCUT2D eigenvalue weighted by molar-refractivity contribution is 7.15. The molecule has 0 amide bonds. The van der Waals surface area contributed by atoms with Crippen molar-refractivity contribution in [2.24, 2.45) is 0 Å². The number of aromatic nitrogens is 2. The third-order valence-corrected chi connectivity index (χ3v) is 4.37. The summed E-state index contributed by atoms with van der Waals surface area (Å²) in [4.78, 5) is 9.37. The third-order valence-electron chi connectivity index (χ3n) is 3.30. The molecule has 0 aliphatic heterocycles. The molecular formula is C17H13N3OS. The molecule has 0 saturated heterocycles. The number of benzene rings is 1. The normalized spacial score (nSPS) is 11.8. The summed E-state index contributed by atoms with van der Waals surface area (Å²) in [7, 11) is 0. The van der Waals surface area contributed by atoms with Gasteiger partial charge in [-0.1, -0.05) is 12.1 Å². The van der Waals surface area contributed by atoms with Gasteiger partial charge in [-0.3, -0.25) is 4.98 Å². The lowest BCUT2D eigenvalue weighted by atomic mass is 10.1. The number of nitrogens with zero attached hydrogens (tertiary/aromatic N) is 3. The fourth-order valence-electron chi connectivity index (χ4n) is 2.12. The molecule has 0 aliphatic carbocycles. The minimum atomic E-state index is -0.558. The number of aliphatic hydroxyl groups is 1. The first-order valence-corrected chi connectivity index (χ1v) is 7.61. The minimum absolute atomic E-state index is 0.526. The van der Waals surface area contributed by atoms with Crippen molar-refractivity contribution in [2.75, 3.05) is 0 Å². The Morgan fingerprint density at radius 2 is 1.86 bits per heavy atom. The van der Waals surface area contributed by atoms with Gasteiger partial charge in [0.15, 0.2) is 0 Å². The van der Waals surface area contributed by atoms with Crippen LogP contribution in [0.3, 0.4) is 0 Å². The Bertz CT molecular complexity index is 791. The van der Waals surface area contributed by atoms with Crippen LogP contribution in [-0.4, -0.2) is 15.1 Å². The highest BCUT2D eigenvalue weighted by Gasteiger charge is 2.11. The molecule has 108 valence electrons. The highest BCUT2D eigenvalue weighted by atomic mass is 32.1. The van der Waals surface area contributed by atoms with Crippen LogP contribution in [-0.2, 0) is 6.42 Å². The fraction of sp³-hybridized carbons (Fsp3) is 0.118. The van der Waals surface area contributed by atoms with Crippen LogP contribution in [0.25, 0.3) is 10.6 Å². The molecule has 2 aromatic heterocycles. The smallest absolute Gasteiger partial charge is 0.123 e. The van der Waals surface area contributed by atoms with Crippen LogP contribution < -0.4 is 0 Å². The summed E-state index contributed by atoms with van der Waals surface area (Å²) < 4.78 is 0. The topological polar surface area (TPSA) is 69.8 Å². The van der Waals surface area contributed by atoms with Crippen molar-refractivity contribution < 1.29 is 5.11 Å². The number of hydrogen-bond acceptors (Lipinski definition) is 5. The maximum Gasteiger partial charge on any atom is 0.123 e. The van der Waals surface area contributed by atoms with Crippen LogP contribution in [0, 0.1) is 11.3 Å². The standard InChI is InChI=1S/C17H13N3OS/c18-10-12-1-3-14(4-2-12)17-20-11-15(22-17)9-16(21)13-5-7-19-8-6-13/h1-8,11,16,21H,9H2. The Morgan fingerprint density at radius 3 is 2.55 bits per heavy atom. The number of nitriles is 1. The van der Waals surface area contributed by atoms with Crippen LogP contribution in [0.1, 0.15) is 22.1 Å². The molecule has 0 fully saturated rings. The molecule has 5 heteroatoms. The first-order valence-electron chi connectivity index (χ1n) is 6.79. The number of rotatable bonds is 4. The lowest BCUT2D eigenvalue weighted by Crippen LogP contribution is -2.00. The fourth-order valence-corrected chi connectivity index (χ4v) is 3.07. The Hall–Kier alpha value is -2.55. The Balaban J connectivity index is 1.75. The van der Waals surface area contributed by atoms with E-state index in [4.69, 9.17) is 5.26 Å². The zero-order chi connectivity index (χ0) is 15.4. The van der Waals surface area contributed by atoms with Crippen molar-refractivity contribution in [1.29, 1.82) is 5.26 Å². The molecule has 0 saturated carbocycles. The summed E-state index contributed by atoms with van der Waals surface area (Å²) in [6.07, 6.45) is 5.11. The first kappa shape index (κ1) is 14.4. The van der Waals surface area contributed by atoms with E-state index in [0.717, 1.165) is 21.0 Å². The van der Waals surface area contributed by atoms with Crippen LogP contribution in [0.5, 0.6) is 0 Å². The zero-order valence-electron chi connectivity index (χ0n) is 11.7. The zero-order valence-corrected chi connectivity index (χ0v) is 12.5. The van der Waals surface area contributed by atoms with Gasteiger partial charge in [0, 0.05) is 35.5 Å². The molecule has 0 spiro atoms. The molecule has 4 nitrogen and oxygen atoms in total. The number of aliphatic hydroxyl groups excluding tert-OH is 1. The molecule has 0 aliphatic rings. The summed E-state index contributed by atoms with van der Waals surface area (Å²) in [6.45, 7) is 0. The van der Waals surface area contributed by atoms with Crippen LogP contribution in [0.2, 0.25) is 0 Å². The van der Waals surface area contributed by atoms with Gasteiger partial charge in [0.25, 0.3) is 0 Å². The van der Waals surface area contributed by atoms with Crippen LogP contribution in [0.15, 0.2) is 55.0 Å². The second kappa shape index (κ2) is 6.48. The SMILES string of the molecule is N#Cc1ccc(-c2ncc(CC(O)c3ccncc3)s2)cc1. The molecule has 1 aromatic carbocycles. The van der Waals surface area contributed by atoms with E-state index in [1.54, 1.807) is 42.1 Å². The van der Waals surface area contributed by atoms with Crippen molar-refractivity contribution in [2.45, 2.75) is 12.5 Å². The van der Waals surface area contributed by atoms with Gasteiger partial charge in [0.1, 0.15) is 5.01 Å². The van der Waals surface area contributed by atoms with E-state index >= 15 is 0 Å². The van der Waals surface area contributed by atoms with Gasteiger partial charge >= 0.3 is 0 Å². The third kappa shape index (κ3) is 3.19. The van der Waals surface area contributed by atoms with Gasteiger partial charge in [-0.2, -0.15) is 5.26 Å². The molecule has 3 aromatic rings. The second-order valence-electron chi connectivity index (χ2n) is 4.82. The van der Waals surface area contributed by atoms with Crippen LogP contribution >= 0.6 is 11.3 Å². The summed E-state index contributed by atoms with van der Waals surface area (Å²) in [5, 5.41) is 19.9. The largest absolute Gasteiger partial charge is 0.388 e. The number of hydrogen-bond donors (Lipinski definition) is 1. The van der Waals surface area contributed by atoms with Crippen molar-refractivity contribution in [3.63, 3.8) is 0 Å². The van der Waals surface area contributed by atoms with E-state index in [0.29, 0.717) is 12.0 Å². The number of pyridine rings is 1. The summed E-state index contributed by atoms with van der Waals surface area (Å²) in [6, 6.07) is 13.1. The highest BCUT2D eigenvalue weighted by Crippen LogP contribution is 2.28. The lowest BCUT2D eigenvalue weighted by molar-refractivity contribution is 0.179. The predicted octanol–water partition coefficient (Wildman–Crippen LogP) is 3.35. The van der Waals surface area contributed by atoms with E-state index < -0.39 is 6.10 Å². The van der Waals surface area contributed by atoms with Crippen molar-refractivity contribution in [3.05, 3.63) is 71.0 Å². The maximum absolute atomic E-state index is 10.2. The van der Waals surface area contributed by atoms with Gasteiger partial charge < -0.3 is 5.11 Å². The lowest BCUT2D eigenvalue weighted by Gasteiger charge is -2.08. The van der Waals surface area contributed by atoms with Crippen molar-refractivity contribution in [3.8, 4) is 16.6 Å². The van der Waals surface area contributed by atoms with E-state index in [-0.39, 0.29) is 0 Å². The maximum atomic E-state index is 10.2. The predicted molar refractivity (Wildman–Crippen MR) is 85.2 cm³/mol. The first-order chi connectivity index (χ1) is 10.8. The van der Waals surface area contributed by atoms with Crippen molar-refractivity contribution in [1.82, 2.24) is 9.97 Å². The molecule has 0 radical (unpaired) electrons.